The zero-order valence-electron chi connectivity index (χ0n) is 15.7. The van der Waals surface area contributed by atoms with Crippen LogP contribution in [0.15, 0.2) is 23.9 Å². The number of rotatable bonds is 5. The monoisotopic (exact) mass is 408 g/mol. The van der Waals surface area contributed by atoms with Crippen LogP contribution in [0.4, 0.5) is 10.2 Å². The summed E-state index contributed by atoms with van der Waals surface area (Å²) < 4.78 is 44.1. The molecule has 150 valence electrons. The minimum Gasteiger partial charge on any atom is -0.364 e. The Kier molecular flexibility index (Phi) is 4.54. The van der Waals surface area contributed by atoms with E-state index in [-0.39, 0.29) is 29.5 Å². The van der Waals surface area contributed by atoms with E-state index in [1.165, 1.54) is 16.8 Å². The van der Waals surface area contributed by atoms with Crippen LogP contribution in [0.25, 0.3) is 11.2 Å². The standard InChI is InChI=1S/C16H21FN8O2S/c1-10(2)25-9-19-13-14(21-16(17)22-15(13)25)20-11-4-5-24(6-11)28(26,27)12-7-23(3)8-18-12/h7-11H,4-6H2,1-3H3,(H,20,21,22)/t11-/m0/s1. The van der Waals surface area contributed by atoms with Crippen LogP contribution >= 0.6 is 0 Å². The Morgan fingerprint density at radius 3 is 2.71 bits per heavy atom. The number of nitrogens with zero attached hydrogens (tertiary/aromatic N) is 7. The second-order valence-electron chi connectivity index (χ2n) is 7.13. The summed E-state index contributed by atoms with van der Waals surface area (Å²) in [6.07, 6.45) is 4.22. The van der Waals surface area contributed by atoms with E-state index in [1.807, 2.05) is 13.8 Å². The number of imidazole rings is 2. The zero-order valence-corrected chi connectivity index (χ0v) is 16.6. The van der Waals surface area contributed by atoms with Crippen LogP contribution in [0.1, 0.15) is 26.3 Å². The fourth-order valence-electron chi connectivity index (χ4n) is 3.28. The molecule has 10 nitrogen and oxygen atoms in total. The second-order valence-corrected chi connectivity index (χ2v) is 9.01. The van der Waals surface area contributed by atoms with Gasteiger partial charge in [0, 0.05) is 38.4 Å². The molecule has 12 heteroatoms. The molecule has 1 atom stereocenters. The molecule has 1 aliphatic heterocycles. The minimum absolute atomic E-state index is 0.0156. The highest BCUT2D eigenvalue weighted by Gasteiger charge is 2.34. The highest BCUT2D eigenvalue weighted by molar-refractivity contribution is 7.89. The fourth-order valence-corrected chi connectivity index (χ4v) is 4.75. The molecule has 4 rings (SSSR count). The van der Waals surface area contributed by atoms with Crippen LogP contribution in [0, 0.1) is 6.08 Å². The van der Waals surface area contributed by atoms with Gasteiger partial charge in [-0.25, -0.2) is 18.4 Å². The Bertz CT molecular complexity index is 1120. The molecule has 28 heavy (non-hydrogen) atoms. The fraction of sp³-hybridized carbons (Fsp3) is 0.500. The lowest BCUT2D eigenvalue weighted by atomic mass is 10.2. The first-order valence-corrected chi connectivity index (χ1v) is 10.3. The molecule has 0 saturated carbocycles. The summed E-state index contributed by atoms with van der Waals surface area (Å²) in [4.78, 5) is 15.9. The predicted octanol–water partition coefficient (Wildman–Crippen LogP) is 1.15. The van der Waals surface area contributed by atoms with Gasteiger partial charge in [-0.1, -0.05) is 0 Å². The van der Waals surface area contributed by atoms with Gasteiger partial charge in [0.05, 0.1) is 12.7 Å². The summed E-state index contributed by atoms with van der Waals surface area (Å²) in [5, 5.41) is 3.15. The highest BCUT2D eigenvalue weighted by atomic mass is 32.2. The molecule has 0 bridgehead atoms. The molecule has 1 N–H and O–H groups in total. The first kappa shape index (κ1) is 18.7. The molecule has 0 amide bonds. The van der Waals surface area contributed by atoms with Gasteiger partial charge in [-0.15, -0.1) is 0 Å². The number of halogens is 1. The van der Waals surface area contributed by atoms with Gasteiger partial charge in [-0.05, 0) is 20.3 Å². The van der Waals surface area contributed by atoms with Crippen LogP contribution in [0.2, 0.25) is 0 Å². The van der Waals surface area contributed by atoms with Crippen LogP contribution in [-0.2, 0) is 17.1 Å². The maximum atomic E-state index is 14.0. The summed E-state index contributed by atoms with van der Waals surface area (Å²) in [6, 6.07) is -0.155. The number of aromatic nitrogens is 6. The average molecular weight is 408 g/mol. The molecular formula is C16H21FN8O2S. The van der Waals surface area contributed by atoms with Gasteiger partial charge in [-0.3, -0.25) is 0 Å². The summed E-state index contributed by atoms with van der Waals surface area (Å²) in [7, 11) is -1.95. The van der Waals surface area contributed by atoms with Crippen molar-refractivity contribution in [1.29, 1.82) is 0 Å². The van der Waals surface area contributed by atoms with E-state index in [9.17, 15) is 12.8 Å². The maximum absolute atomic E-state index is 14.0. The quantitative estimate of drug-likeness (QED) is 0.631. The van der Waals surface area contributed by atoms with Crippen LogP contribution in [0.5, 0.6) is 0 Å². The van der Waals surface area contributed by atoms with Gasteiger partial charge in [0.15, 0.2) is 22.0 Å². The number of nitrogens with one attached hydrogen (secondary N) is 1. The van der Waals surface area contributed by atoms with E-state index < -0.39 is 16.1 Å². The van der Waals surface area contributed by atoms with Crippen molar-refractivity contribution in [2.45, 2.75) is 37.4 Å². The molecule has 1 fully saturated rings. The van der Waals surface area contributed by atoms with Crippen molar-refractivity contribution in [3.8, 4) is 0 Å². The van der Waals surface area contributed by atoms with E-state index in [4.69, 9.17) is 0 Å². The van der Waals surface area contributed by atoms with Crippen molar-refractivity contribution < 1.29 is 12.8 Å². The molecule has 0 radical (unpaired) electrons. The van der Waals surface area contributed by atoms with Crippen molar-refractivity contribution in [2.24, 2.45) is 7.05 Å². The third kappa shape index (κ3) is 3.22. The molecule has 4 heterocycles. The number of sulfonamides is 1. The highest BCUT2D eigenvalue weighted by Crippen LogP contribution is 2.25. The lowest BCUT2D eigenvalue weighted by Gasteiger charge is -2.16. The molecule has 0 spiro atoms. The smallest absolute Gasteiger partial charge is 0.312 e. The molecular weight excluding hydrogens is 387 g/mol. The third-order valence-corrected chi connectivity index (χ3v) is 6.48. The maximum Gasteiger partial charge on any atom is 0.312 e. The van der Waals surface area contributed by atoms with Crippen molar-refractivity contribution in [1.82, 2.24) is 33.4 Å². The molecule has 3 aromatic rings. The zero-order chi connectivity index (χ0) is 20.1. The number of hydrogen-bond acceptors (Lipinski definition) is 7. The van der Waals surface area contributed by atoms with Crippen molar-refractivity contribution in [2.75, 3.05) is 18.4 Å². The Morgan fingerprint density at radius 2 is 2.04 bits per heavy atom. The normalized spacial score (nSPS) is 18.4. The first-order chi connectivity index (χ1) is 13.3. The van der Waals surface area contributed by atoms with E-state index in [0.717, 1.165) is 0 Å². The molecule has 0 unspecified atom stereocenters. The van der Waals surface area contributed by atoms with Gasteiger partial charge in [0.25, 0.3) is 10.0 Å². The van der Waals surface area contributed by atoms with E-state index in [1.54, 1.807) is 22.5 Å². The SMILES string of the molecule is CC(C)n1cnc2c(N[C@H]3CCN(S(=O)(=O)c4cn(C)cn4)C3)nc(F)nc21. The topological polar surface area (TPSA) is 111 Å². The number of anilines is 1. The minimum atomic E-state index is -3.67. The number of aryl methyl sites for hydroxylation is 1. The first-order valence-electron chi connectivity index (χ1n) is 8.90. The third-order valence-electron chi connectivity index (χ3n) is 4.73. The Hall–Kier alpha value is -2.60. The summed E-state index contributed by atoms with van der Waals surface area (Å²) in [5.74, 6) is 0.268. The van der Waals surface area contributed by atoms with Crippen LogP contribution < -0.4 is 5.32 Å². The largest absolute Gasteiger partial charge is 0.364 e. The number of fused-ring (bicyclic) bond motifs is 1. The van der Waals surface area contributed by atoms with Crippen molar-refractivity contribution in [3.05, 3.63) is 24.9 Å². The Labute approximate surface area is 161 Å². The second kappa shape index (κ2) is 6.78. The summed E-state index contributed by atoms with van der Waals surface area (Å²) in [6.45, 7) is 4.47. The van der Waals surface area contributed by atoms with Gasteiger partial charge >= 0.3 is 6.08 Å². The molecule has 1 aliphatic rings. The van der Waals surface area contributed by atoms with E-state index >= 15 is 0 Å². The Balaban J connectivity index is 1.56. The predicted molar refractivity (Wildman–Crippen MR) is 99.7 cm³/mol. The Morgan fingerprint density at radius 1 is 1.25 bits per heavy atom. The van der Waals surface area contributed by atoms with E-state index in [0.29, 0.717) is 24.1 Å². The molecule has 0 aliphatic carbocycles. The molecule has 1 saturated heterocycles. The van der Waals surface area contributed by atoms with Gasteiger partial charge in [0.2, 0.25) is 0 Å². The van der Waals surface area contributed by atoms with E-state index in [2.05, 4.69) is 25.3 Å². The molecule has 0 aromatic carbocycles. The lowest BCUT2D eigenvalue weighted by molar-refractivity contribution is 0.471. The van der Waals surface area contributed by atoms with Crippen LogP contribution in [-0.4, -0.2) is 60.9 Å². The molecule has 3 aromatic heterocycles. The van der Waals surface area contributed by atoms with Crippen molar-refractivity contribution >= 4 is 27.0 Å². The van der Waals surface area contributed by atoms with Gasteiger partial charge < -0.3 is 14.5 Å². The summed E-state index contributed by atoms with van der Waals surface area (Å²) >= 11 is 0. The average Bonchev–Trinajstić information content (AvgIpc) is 3.33. The van der Waals surface area contributed by atoms with Crippen molar-refractivity contribution in [3.63, 3.8) is 0 Å². The van der Waals surface area contributed by atoms with Gasteiger partial charge in [0.1, 0.15) is 0 Å². The van der Waals surface area contributed by atoms with Gasteiger partial charge in [-0.2, -0.15) is 18.7 Å². The van der Waals surface area contributed by atoms with Crippen LogP contribution in [0.3, 0.4) is 0 Å². The summed E-state index contributed by atoms with van der Waals surface area (Å²) in [5.41, 5.74) is 0.863. The number of hydrogen-bond donors (Lipinski definition) is 1. The lowest BCUT2D eigenvalue weighted by Crippen LogP contribution is -2.32.